The lowest BCUT2D eigenvalue weighted by molar-refractivity contribution is 0.122. The lowest BCUT2D eigenvalue weighted by Crippen LogP contribution is -2.52. The number of rotatable bonds is 4. The molecule has 118 valence electrons. The Bertz CT molecular complexity index is 699. The number of nitrogens with zero attached hydrogens (tertiary/aromatic N) is 2. The molecule has 0 N–H and O–H groups in total. The highest BCUT2D eigenvalue weighted by molar-refractivity contribution is 7.91. The van der Waals surface area contributed by atoms with Crippen LogP contribution in [0.2, 0.25) is 0 Å². The van der Waals surface area contributed by atoms with Crippen molar-refractivity contribution in [1.29, 1.82) is 0 Å². The molecular weight excluding hydrogens is 316 g/mol. The van der Waals surface area contributed by atoms with E-state index in [0.717, 1.165) is 13.1 Å². The molecule has 0 radical (unpaired) electrons. The van der Waals surface area contributed by atoms with Crippen LogP contribution in [-0.4, -0.2) is 43.3 Å². The Kier molecular flexibility index (Phi) is 4.63. The van der Waals surface area contributed by atoms with Crippen LogP contribution < -0.4 is 0 Å². The van der Waals surface area contributed by atoms with Crippen LogP contribution in [0.1, 0.15) is 12.5 Å². The lowest BCUT2D eigenvalue weighted by Gasteiger charge is -2.39. The van der Waals surface area contributed by atoms with E-state index in [9.17, 15) is 8.42 Å². The van der Waals surface area contributed by atoms with Gasteiger partial charge in [0, 0.05) is 32.2 Å². The van der Waals surface area contributed by atoms with Crippen LogP contribution in [0.5, 0.6) is 0 Å². The van der Waals surface area contributed by atoms with Gasteiger partial charge < -0.3 is 0 Å². The van der Waals surface area contributed by atoms with Gasteiger partial charge in [-0.1, -0.05) is 36.4 Å². The second kappa shape index (κ2) is 6.50. The maximum atomic E-state index is 12.6. The van der Waals surface area contributed by atoms with Gasteiger partial charge in [0.1, 0.15) is 4.21 Å². The largest absolute Gasteiger partial charge is 0.294 e. The van der Waals surface area contributed by atoms with Crippen molar-refractivity contribution in [3.05, 3.63) is 53.4 Å². The van der Waals surface area contributed by atoms with Gasteiger partial charge in [0.2, 0.25) is 0 Å². The molecule has 1 unspecified atom stereocenters. The Hall–Kier alpha value is -1.21. The molecule has 2 aromatic rings. The normalized spacial score (nSPS) is 21.0. The average molecular weight is 336 g/mol. The highest BCUT2D eigenvalue weighted by atomic mass is 32.2. The Morgan fingerprint density at radius 3 is 2.55 bits per heavy atom. The first-order chi connectivity index (χ1) is 10.6. The molecule has 22 heavy (non-hydrogen) atoms. The summed E-state index contributed by atoms with van der Waals surface area (Å²) < 4.78 is 27.2. The fraction of sp³-hybridized carbons (Fsp3) is 0.375. The van der Waals surface area contributed by atoms with Crippen molar-refractivity contribution < 1.29 is 8.42 Å². The standard InChI is InChI=1S/C16H20N2O2S2/c1-14-12-18(22(19,20)16-8-5-11-21-16)10-9-17(14)13-15-6-3-2-4-7-15/h2-8,11,14H,9-10,12-13H2,1H3. The van der Waals surface area contributed by atoms with E-state index in [1.165, 1.54) is 16.9 Å². The molecule has 0 spiro atoms. The minimum atomic E-state index is -3.32. The summed E-state index contributed by atoms with van der Waals surface area (Å²) in [5.74, 6) is 0. The van der Waals surface area contributed by atoms with Crippen molar-refractivity contribution in [1.82, 2.24) is 9.21 Å². The summed E-state index contributed by atoms with van der Waals surface area (Å²) in [6.07, 6.45) is 0. The predicted molar refractivity (Wildman–Crippen MR) is 89.4 cm³/mol. The number of piperazine rings is 1. The first-order valence-corrected chi connectivity index (χ1v) is 9.71. The molecule has 1 atom stereocenters. The minimum Gasteiger partial charge on any atom is -0.294 e. The zero-order valence-corrected chi connectivity index (χ0v) is 14.2. The highest BCUT2D eigenvalue weighted by Gasteiger charge is 2.32. The monoisotopic (exact) mass is 336 g/mol. The van der Waals surface area contributed by atoms with Crippen molar-refractivity contribution in [2.45, 2.75) is 23.7 Å². The van der Waals surface area contributed by atoms with E-state index in [1.807, 2.05) is 23.6 Å². The van der Waals surface area contributed by atoms with Crippen LogP contribution in [0, 0.1) is 0 Å². The van der Waals surface area contributed by atoms with Crippen molar-refractivity contribution >= 4 is 21.4 Å². The number of hydrogen-bond acceptors (Lipinski definition) is 4. The third-order valence-corrected chi connectivity index (χ3v) is 7.28. The summed E-state index contributed by atoms with van der Waals surface area (Å²) >= 11 is 1.28. The van der Waals surface area contributed by atoms with Crippen LogP contribution in [0.25, 0.3) is 0 Å². The van der Waals surface area contributed by atoms with Crippen molar-refractivity contribution in [2.24, 2.45) is 0 Å². The first kappa shape index (κ1) is 15.7. The molecule has 3 rings (SSSR count). The van der Waals surface area contributed by atoms with Gasteiger partial charge in [0.05, 0.1) is 0 Å². The third-order valence-electron chi connectivity index (χ3n) is 4.05. The molecule has 1 aliphatic rings. The fourth-order valence-corrected chi connectivity index (χ4v) is 5.43. The maximum Gasteiger partial charge on any atom is 0.252 e. The van der Waals surface area contributed by atoms with Gasteiger partial charge in [-0.05, 0) is 23.9 Å². The van der Waals surface area contributed by atoms with E-state index < -0.39 is 10.0 Å². The molecule has 2 heterocycles. The quantitative estimate of drug-likeness (QED) is 0.862. The summed E-state index contributed by atoms with van der Waals surface area (Å²) in [4.78, 5) is 2.34. The molecule has 0 bridgehead atoms. The van der Waals surface area contributed by atoms with Gasteiger partial charge in [-0.3, -0.25) is 4.90 Å². The molecule has 1 saturated heterocycles. The van der Waals surface area contributed by atoms with Crippen LogP contribution in [0.4, 0.5) is 0 Å². The Labute approximate surface area is 136 Å². The molecule has 1 aromatic heterocycles. The molecule has 1 fully saturated rings. The summed E-state index contributed by atoms with van der Waals surface area (Å²) in [6.45, 7) is 4.83. The van der Waals surface area contributed by atoms with Crippen LogP contribution in [0.15, 0.2) is 52.1 Å². The van der Waals surface area contributed by atoms with Gasteiger partial charge in [0.25, 0.3) is 10.0 Å². The smallest absolute Gasteiger partial charge is 0.252 e. The van der Waals surface area contributed by atoms with E-state index in [1.54, 1.807) is 16.4 Å². The summed E-state index contributed by atoms with van der Waals surface area (Å²) in [6, 6.07) is 14.0. The van der Waals surface area contributed by atoms with Gasteiger partial charge in [-0.15, -0.1) is 11.3 Å². The highest BCUT2D eigenvalue weighted by Crippen LogP contribution is 2.24. The Balaban J connectivity index is 1.68. The molecule has 1 aromatic carbocycles. The Morgan fingerprint density at radius 2 is 1.91 bits per heavy atom. The third kappa shape index (κ3) is 3.25. The van der Waals surface area contributed by atoms with Crippen molar-refractivity contribution in [3.63, 3.8) is 0 Å². The fourth-order valence-electron chi connectivity index (χ4n) is 2.77. The van der Waals surface area contributed by atoms with Gasteiger partial charge in [-0.25, -0.2) is 8.42 Å². The summed E-state index contributed by atoms with van der Waals surface area (Å²) in [7, 11) is -3.32. The van der Waals surface area contributed by atoms with Crippen molar-refractivity contribution in [2.75, 3.05) is 19.6 Å². The number of hydrogen-bond donors (Lipinski definition) is 0. The van der Waals surface area contributed by atoms with Gasteiger partial charge >= 0.3 is 0 Å². The molecule has 1 aliphatic heterocycles. The predicted octanol–water partition coefficient (Wildman–Crippen LogP) is 2.64. The molecule has 0 aliphatic carbocycles. The van der Waals surface area contributed by atoms with E-state index in [-0.39, 0.29) is 6.04 Å². The van der Waals surface area contributed by atoms with Crippen molar-refractivity contribution in [3.8, 4) is 0 Å². The zero-order chi connectivity index (χ0) is 15.6. The summed E-state index contributed by atoms with van der Waals surface area (Å²) in [5.41, 5.74) is 1.27. The second-order valence-corrected chi connectivity index (χ2v) is 8.71. The maximum absolute atomic E-state index is 12.6. The number of thiophene rings is 1. The van der Waals surface area contributed by atoms with E-state index in [2.05, 4.69) is 24.0 Å². The SMILES string of the molecule is CC1CN(S(=O)(=O)c2cccs2)CCN1Cc1ccccc1. The molecule has 0 saturated carbocycles. The van der Waals surface area contributed by atoms with Gasteiger partial charge in [-0.2, -0.15) is 4.31 Å². The molecule has 4 nitrogen and oxygen atoms in total. The molecule has 6 heteroatoms. The van der Waals surface area contributed by atoms with E-state index in [0.29, 0.717) is 17.3 Å². The van der Waals surface area contributed by atoms with E-state index in [4.69, 9.17) is 0 Å². The van der Waals surface area contributed by atoms with Crippen LogP contribution >= 0.6 is 11.3 Å². The number of benzene rings is 1. The van der Waals surface area contributed by atoms with E-state index >= 15 is 0 Å². The molecular formula is C16H20N2O2S2. The van der Waals surface area contributed by atoms with Crippen LogP contribution in [-0.2, 0) is 16.6 Å². The zero-order valence-electron chi connectivity index (χ0n) is 12.6. The lowest BCUT2D eigenvalue weighted by atomic mass is 10.1. The topological polar surface area (TPSA) is 40.6 Å². The van der Waals surface area contributed by atoms with Gasteiger partial charge in [0.15, 0.2) is 0 Å². The molecule has 0 amide bonds. The first-order valence-electron chi connectivity index (χ1n) is 7.39. The average Bonchev–Trinajstić information content (AvgIpc) is 3.05. The Morgan fingerprint density at radius 1 is 1.14 bits per heavy atom. The number of sulfonamides is 1. The van der Waals surface area contributed by atoms with Crippen LogP contribution in [0.3, 0.4) is 0 Å². The minimum absolute atomic E-state index is 0.212. The summed E-state index contributed by atoms with van der Waals surface area (Å²) in [5, 5.41) is 1.81. The second-order valence-electron chi connectivity index (χ2n) is 5.60.